The van der Waals surface area contributed by atoms with Crippen LogP contribution >= 0.6 is 11.8 Å². The second-order valence-corrected chi connectivity index (χ2v) is 8.09. The molecule has 0 amide bonds. The molecule has 1 atom stereocenters. The second-order valence-electron chi connectivity index (χ2n) is 6.39. The third-order valence-corrected chi connectivity index (χ3v) is 5.35. The molecule has 0 aliphatic heterocycles. The van der Waals surface area contributed by atoms with Crippen LogP contribution in [0.4, 0.5) is 0 Å². The molecule has 0 heterocycles. The highest BCUT2D eigenvalue weighted by atomic mass is 32.2. The summed E-state index contributed by atoms with van der Waals surface area (Å²) in [5.41, 5.74) is 2.80. The molecule has 21 heavy (non-hydrogen) atoms. The smallest absolute Gasteiger partial charge is 0.319 e. The molecule has 1 aromatic carbocycles. The summed E-state index contributed by atoms with van der Waals surface area (Å²) in [5, 5.41) is 9.24. The van der Waals surface area contributed by atoms with E-state index in [4.69, 9.17) is 0 Å². The van der Waals surface area contributed by atoms with E-state index in [1.165, 1.54) is 29.3 Å². The molecular formula is C17H25NO2S. The van der Waals surface area contributed by atoms with Crippen molar-refractivity contribution in [3.8, 4) is 0 Å². The first-order valence-corrected chi connectivity index (χ1v) is 8.39. The molecule has 2 rings (SSSR count). The average Bonchev–Trinajstić information content (AvgIpc) is 2.81. The Labute approximate surface area is 131 Å². The SMILES string of the molecule is CCCN(C)C1Cc2ccc(SC(C)(C)C(=O)O)cc2C1. The lowest BCUT2D eigenvalue weighted by Gasteiger charge is -2.23. The van der Waals surface area contributed by atoms with E-state index in [9.17, 15) is 9.90 Å². The van der Waals surface area contributed by atoms with Gasteiger partial charge < -0.3 is 10.0 Å². The van der Waals surface area contributed by atoms with Crippen LogP contribution in [-0.4, -0.2) is 40.4 Å². The Morgan fingerprint density at radius 1 is 1.38 bits per heavy atom. The molecule has 1 aliphatic carbocycles. The Bertz CT molecular complexity index is 528. The average molecular weight is 307 g/mol. The van der Waals surface area contributed by atoms with Gasteiger partial charge in [0.2, 0.25) is 0 Å². The molecule has 0 saturated heterocycles. The first kappa shape index (κ1) is 16.4. The van der Waals surface area contributed by atoms with Gasteiger partial charge in [0.25, 0.3) is 0 Å². The van der Waals surface area contributed by atoms with E-state index < -0.39 is 10.7 Å². The lowest BCUT2D eigenvalue weighted by molar-refractivity contribution is -0.138. The first-order valence-electron chi connectivity index (χ1n) is 7.58. The number of aliphatic carboxylic acids is 1. The van der Waals surface area contributed by atoms with Crippen molar-refractivity contribution in [2.75, 3.05) is 13.6 Å². The molecule has 1 aromatic rings. The monoisotopic (exact) mass is 307 g/mol. The van der Waals surface area contributed by atoms with Crippen LogP contribution < -0.4 is 0 Å². The quantitative estimate of drug-likeness (QED) is 0.817. The van der Waals surface area contributed by atoms with E-state index in [2.05, 4.69) is 37.1 Å². The molecular weight excluding hydrogens is 282 g/mol. The minimum atomic E-state index is -0.786. The number of rotatable bonds is 6. The van der Waals surface area contributed by atoms with Gasteiger partial charge in [-0.15, -0.1) is 11.8 Å². The number of benzene rings is 1. The Morgan fingerprint density at radius 3 is 2.67 bits per heavy atom. The van der Waals surface area contributed by atoms with Crippen molar-refractivity contribution >= 4 is 17.7 Å². The van der Waals surface area contributed by atoms with Crippen molar-refractivity contribution in [2.24, 2.45) is 0 Å². The van der Waals surface area contributed by atoms with E-state index in [1.807, 2.05) is 0 Å². The van der Waals surface area contributed by atoms with Gasteiger partial charge in [-0.3, -0.25) is 4.79 Å². The molecule has 0 saturated carbocycles. The third-order valence-electron chi connectivity index (χ3n) is 4.18. The highest BCUT2D eigenvalue weighted by Gasteiger charge is 2.30. The fourth-order valence-corrected chi connectivity index (χ4v) is 3.83. The number of carbonyl (C=O) groups is 1. The molecule has 0 aromatic heterocycles. The van der Waals surface area contributed by atoms with Crippen LogP contribution in [0.2, 0.25) is 0 Å². The maximum atomic E-state index is 11.2. The van der Waals surface area contributed by atoms with E-state index in [-0.39, 0.29) is 0 Å². The zero-order valence-electron chi connectivity index (χ0n) is 13.3. The van der Waals surface area contributed by atoms with E-state index in [0.717, 1.165) is 24.3 Å². The third kappa shape index (κ3) is 3.80. The fraction of sp³-hybridized carbons (Fsp3) is 0.588. The summed E-state index contributed by atoms with van der Waals surface area (Å²) < 4.78 is -0.786. The summed E-state index contributed by atoms with van der Waals surface area (Å²) in [4.78, 5) is 14.7. The van der Waals surface area contributed by atoms with Crippen molar-refractivity contribution < 1.29 is 9.90 Å². The van der Waals surface area contributed by atoms with Gasteiger partial charge in [0.05, 0.1) is 0 Å². The number of nitrogens with zero attached hydrogens (tertiary/aromatic N) is 1. The largest absolute Gasteiger partial charge is 0.480 e. The molecule has 0 fully saturated rings. The Balaban J connectivity index is 2.10. The van der Waals surface area contributed by atoms with E-state index in [1.54, 1.807) is 13.8 Å². The first-order chi connectivity index (χ1) is 9.83. The Hall–Kier alpha value is -1.00. The molecule has 0 radical (unpaired) electrons. The van der Waals surface area contributed by atoms with Crippen LogP contribution in [0.25, 0.3) is 0 Å². The number of hydrogen-bond acceptors (Lipinski definition) is 3. The summed E-state index contributed by atoms with van der Waals surface area (Å²) in [5.74, 6) is -0.770. The molecule has 1 N–H and O–H groups in total. The van der Waals surface area contributed by atoms with Crippen molar-refractivity contribution in [1.29, 1.82) is 0 Å². The van der Waals surface area contributed by atoms with Gasteiger partial charge in [-0.25, -0.2) is 0 Å². The van der Waals surface area contributed by atoms with Gasteiger partial charge >= 0.3 is 5.97 Å². The van der Waals surface area contributed by atoms with Crippen LogP contribution in [0, 0.1) is 0 Å². The van der Waals surface area contributed by atoms with Crippen molar-refractivity contribution in [2.45, 2.75) is 55.7 Å². The minimum Gasteiger partial charge on any atom is -0.480 e. The molecule has 0 bridgehead atoms. The maximum absolute atomic E-state index is 11.2. The number of carboxylic acids is 1. The van der Waals surface area contributed by atoms with Gasteiger partial charge in [0.1, 0.15) is 4.75 Å². The Kier molecular flexibility index (Phi) is 4.99. The van der Waals surface area contributed by atoms with Crippen LogP contribution in [0.15, 0.2) is 23.1 Å². The zero-order chi connectivity index (χ0) is 15.6. The Morgan fingerprint density at radius 2 is 2.05 bits per heavy atom. The summed E-state index contributed by atoms with van der Waals surface area (Å²) in [6.45, 7) is 6.85. The molecule has 3 nitrogen and oxygen atoms in total. The highest BCUT2D eigenvalue weighted by molar-refractivity contribution is 8.01. The number of hydrogen-bond donors (Lipinski definition) is 1. The van der Waals surface area contributed by atoms with Gasteiger partial charge in [-0.2, -0.15) is 0 Å². The molecule has 0 spiro atoms. The summed E-state index contributed by atoms with van der Waals surface area (Å²) in [7, 11) is 2.20. The van der Waals surface area contributed by atoms with Crippen LogP contribution in [0.3, 0.4) is 0 Å². The predicted octanol–water partition coefficient (Wildman–Crippen LogP) is 3.45. The van der Waals surface area contributed by atoms with E-state index in [0.29, 0.717) is 6.04 Å². The minimum absolute atomic E-state index is 0.590. The highest BCUT2D eigenvalue weighted by Crippen LogP contribution is 2.36. The summed E-state index contributed by atoms with van der Waals surface area (Å²) in [6, 6.07) is 7.02. The second kappa shape index (κ2) is 6.41. The normalized spacial score (nSPS) is 18.0. The van der Waals surface area contributed by atoms with Gasteiger partial charge in [-0.05, 0) is 70.0 Å². The lowest BCUT2D eigenvalue weighted by atomic mass is 10.1. The summed E-state index contributed by atoms with van der Waals surface area (Å²) in [6.07, 6.45) is 3.37. The van der Waals surface area contributed by atoms with Gasteiger partial charge in [0, 0.05) is 10.9 Å². The molecule has 4 heteroatoms. The number of thioether (sulfide) groups is 1. The van der Waals surface area contributed by atoms with Crippen molar-refractivity contribution in [3.05, 3.63) is 29.3 Å². The number of fused-ring (bicyclic) bond motifs is 1. The summed E-state index contributed by atoms with van der Waals surface area (Å²) >= 11 is 1.43. The van der Waals surface area contributed by atoms with Crippen molar-refractivity contribution in [1.82, 2.24) is 4.90 Å². The topological polar surface area (TPSA) is 40.5 Å². The molecule has 1 unspecified atom stereocenters. The molecule has 1 aliphatic rings. The van der Waals surface area contributed by atoms with Crippen LogP contribution in [-0.2, 0) is 17.6 Å². The van der Waals surface area contributed by atoms with E-state index >= 15 is 0 Å². The molecule has 116 valence electrons. The lowest BCUT2D eigenvalue weighted by Crippen LogP contribution is -2.32. The zero-order valence-corrected chi connectivity index (χ0v) is 14.2. The predicted molar refractivity (Wildman–Crippen MR) is 88.1 cm³/mol. The van der Waals surface area contributed by atoms with Gasteiger partial charge in [0.15, 0.2) is 0 Å². The number of likely N-dealkylation sites (N-methyl/N-ethyl adjacent to an activating group) is 1. The number of carboxylic acid groups (broad SMARTS) is 1. The maximum Gasteiger partial charge on any atom is 0.319 e. The van der Waals surface area contributed by atoms with Crippen molar-refractivity contribution in [3.63, 3.8) is 0 Å². The van der Waals surface area contributed by atoms with Crippen LogP contribution in [0.1, 0.15) is 38.3 Å². The fourth-order valence-electron chi connectivity index (χ4n) is 2.82. The van der Waals surface area contributed by atoms with Gasteiger partial charge in [-0.1, -0.05) is 13.0 Å². The van der Waals surface area contributed by atoms with Crippen LogP contribution in [0.5, 0.6) is 0 Å². The standard InChI is InChI=1S/C17H25NO2S/c1-5-8-18(4)14-9-12-6-7-15(11-13(12)10-14)21-17(2,3)16(19)20/h6-7,11,14H,5,8-10H2,1-4H3,(H,19,20).